The van der Waals surface area contributed by atoms with E-state index in [1.165, 1.54) is 0 Å². The normalized spacial score (nSPS) is 18.6. The van der Waals surface area contributed by atoms with Crippen LogP contribution in [-0.4, -0.2) is 29.9 Å². The quantitative estimate of drug-likeness (QED) is 0.809. The topological polar surface area (TPSA) is 73.6 Å². The van der Waals surface area contributed by atoms with Gasteiger partial charge in [0.2, 0.25) is 0 Å². The van der Waals surface area contributed by atoms with Gasteiger partial charge in [0.05, 0.1) is 24.8 Å². The van der Waals surface area contributed by atoms with Crippen LogP contribution in [-0.2, 0) is 22.5 Å². The van der Waals surface area contributed by atoms with Crippen LogP contribution < -0.4 is 10.1 Å². The van der Waals surface area contributed by atoms with Gasteiger partial charge in [-0.3, -0.25) is 10.1 Å². The van der Waals surface area contributed by atoms with Gasteiger partial charge in [0.15, 0.2) is 5.76 Å². The van der Waals surface area contributed by atoms with Crippen molar-refractivity contribution in [1.29, 1.82) is 0 Å². The Balaban J connectivity index is 2.11. The molecule has 1 aromatic heterocycles. The number of ether oxygens (including phenoxy) is 2. The van der Waals surface area contributed by atoms with Gasteiger partial charge >= 0.3 is 5.97 Å². The lowest BCUT2D eigenvalue weighted by Crippen LogP contribution is -2.42. The van der Waals surface area contributed by atoms with Crippen LogP contribution >= 0.6 is 0 Å². The van der Waals surface area contributed by atoms with Crippen LogP contribution in [0, 0.1) is 0 Å². The van der Waals surface area contributed by atoms with Gasteiger partial charge in [-0.2, -0.15) is 0 Å². The van der Waals surface area contributed by atoms with Gasteiger partial charge in [0, 0.05) is 6.42 Å². The molecule has 0 aromatic carbocycles. The van der Waals surface area contributed by atoms with E-state index in [0.717, 1.165) is 11.3 Å². The van der Waals surface area contributed by atoms with E-state index in [0.29, 0.717) is 25.5 Å². The number of aromatic nitrogens is 1. The van der Waals surface area contributed by atoms with E-state index in [4.69, 9.17) is 14.0 Å². The highest BCUT2D eigenvalue weighted by Crippen LogP contribution is 2.27. The van der Waals surface area contributed by atoms with Crippen LogP contribution in [0.2, 0.25) is 0 Å². The molecule has 1 aliphatic rings. The zero-order valence-electron chi connectivity index (χ0n) is 10.9. The molecule has 0 amide bonds. The molecule has 0 radical (unpaired) electrons. The summed E-state index contributed by atoms with van der Waals surface area (Å²) in [6, 6.07) is -0.355. The SMILES string of the molecule is CCOC(=O)[C@@H]1Cc2c(OC(C)C)noc2CN1. The number of hydrogen-bond donors (Lipinski definition) is 1. The van der Waals surface area contributed by atoms with Gasteiger partial charge in [0.1, 0.15) is 6.04 Å². The second kappa shape index (κ2) is 5.39. The Morgan fingerprint density at radius 3 is 3.06 bits per heavy atom. The van der Waals surface area contributed by atoms with Crippen LogP contribution in [0.1, 0.15) is 32.1 Å². The molecule has 6 nitrogen and oxygen atoms in total. The Morgan fingerprint density at radius 1 is 1.61 bits per heavy atom. The van der Waals surface area contributed by atoms with Crippen molar-refractivity contribution in [3.05, 3.63) is 11.3 Å². The predicted molar refractivity (Wildman–Crippen MR) is 63.2 cm³/mol. The van der Waals surface area contributed by atoms with Crippen LogP contribution in [0.3, 0.4) is 0 Å². The maximum atomic E-state index is 11.7. The van der Waals surface area contributed by atoms with E-state index in [-0.39, 0.29) is 18.1 Å². The zero-order valence-corrected chi connectivity index (χ0v) is 10.9. The Kier molecular flexibility index (Phi) is 3.86. The standard InChI is InChI=1S/C12H18N2O4/c1-4-16-12(15)9-5-8-10(6-13-9)18-14-11(8)17-7(2)3/h7,9,13H,4-6H2,1-3H3/t9-/m0/s1. The molecule has 0 spiro atoms. The average molecular weight is 254 g/mol. The lowest BCUT2D eigenvalue weighted by molar-refractivity contribution is -0.145. The first-order valence-electron chi connectivity index (χ1n) is 6.16. The smallest absolute Gasteiger partial charge is 0.323 e. The fraction of sp³-hybridized carbons (Fsp3) is 0.667. The molecule has 6 heteroatoms. The van der Waals surface area contributed by atoms with Gasteiger partial charge in [-0.1, -0.05) is 0 Å². The van der Waals surface area contributed by atoms with Crippen molar-refractivity contribution in [2.45, 2.75) is 45.9 Å². The molecule has 1 aliphatic heterocycles. The number of esters is 1. The largest absolute Gasteiger partial charge is 0.473 e. The van der Waals surface area contributed by atoms with E-state index in [2.05, 4.69) is 10.5 Å². The van der Waals surface area contributed by atoms with Crippen LogP contribution in [0.15, 0.2) is 4.52 Å². The lowest BCUT2D eigenvalue weighted by atomic mass is 10.0. The Hall–Kier alpha value is -1.56. The van der Waals surface area contributed by atoms with E-state index in [9.17, 15) is 4.79 Å². The molecule has 2 heterocycles. The number of rotatable bonds is 4. The van der Waals surface area contributed by atoms with Crippen molar-refractivity contribution in [3.8, 4) is 5.88 Å². The first-order chi connectivity index (χ1) is 8.61. The number of hydrogen-bond acceptors (Lipinski definition) is 6. The third kappa shape index (κ3) is 2.64. The Morgan fingerprint density at radius 2 is 2.39 bits per heavy atom. The molecule has 0 saturated carbocycles. The monoisotopic (exact) mass is 254 g/mol. The second-order valence-corrected chi connectivity index (χ2v) is 4.45. The van der Waals surface area contributed by atoms with Crippen molar-refractivity contribution in [3.63, 3.8) is 0 Å². The highest BCUT2D eigenvalue weighted by atomic mass is 16.5. The summed E-state index contributed by atoms with van der Waals surface area (Å²) in [7, 11) is 0. The number of carbonyl (C=O) groups excluding carboxylic acids is 1. The maximum Gasteiger partial charge on any atom is 0.323 e. The molecular formula is C12H18N2O4. The summed E-state index contributed by atoms with van der Waals surface area (Å²) in [6.07, 6.45) is 0.509. The van der Waals surface area contributed by atoms with Gasteiger partial charge in [0.25, 0.3) is 5.88 Å². The van der Waals surface area contributed by atoms with Crippen LogP contribution in [0.25, 0.3) is 0 Å². The summed E-state index contributed by atoms with van der Waals surface area (Å²) < 4.78 is 15.7. The molecule has 0 aliphatic carbocycles. The second-order valence-electron chi connectivity index (χ2n) is 4.45. The van der Waals surface area contributed by atoms with E-state index in [1.54, 1.807) is 6.92 Å². The van der Waals surface area contributed by atoms with E-state index >= 15 is 0 Å². The minimum atomic E-state index is -0.355. The molecule has 1 atom stereocenters. The predicted octanol–water partition coefficient (Wildman–Crippen LogP) is 1.04. The van der Waals surface area contributed by atoms with E-state index in [1.807, 2.05) is 13.8 Å². The third-order valence-corrected chi connectivity index (χ3v) is 2.67. The molecule has 0 unspecified atom stereocenters. The molecule has 100 valence electrons. The maximum absolute atomic E-state index is 11.7. The molecule has 0 fully saturated rings. The minimum Gasteiger partial charge on any atom is -0.473 e. The Bertz CT molecular complexity index is 428. The Labute approximate surface area is 106 Å². The fourth-order valence-electron chi connectivity index (χ4n) is 1.88. The summed E-state index contributed by atoms with van der Waals surface area (Å²) in [6.45, 7) is 6.48. The summed E-state index contributed by atoms with van der Waals surface area (Å²) in [4.78, 5) is 11.7. The lowest BCUT2D eigenvalue weighted by Gasteiger charge is -2.21. The van der Waals surface area contributed by atoms with Crippen LogP contribution in [0.5, 0.6) is 5.88 Å². The number of carbonyl (C=O) groups is 1. The number of fused-ring (bicyclic) bond motifs is 1. The molecule has 0 bridgehead atoms. The summed E-state index contributed by atoms with van der Waals surface area (Å²) in [5.74, 6) is 0.960. The summed E-state index contributed by atoms with van der Waals surface area (Å²) in [5, 5.41) is 6.95. The summed E-state index contributed by atoms with van der Waals surface area (Å²) in [5.41, 5.74) is 0.862. The molecule has 2 rings (SSSR count). The van der Waals surface area contributed by atoms with Gasteiger partial charge < -0.3 is 14.0 Å². The van der Waals surface area contributed by atoms with E-state index < -0.39 is 0 Å². The highest BCUT2D eigenvalue weighted by Gasteiger charge is 2.31. The first-order valence-corrected chi connectivity index (χ1v) is 6.16. The molecule has 0 saturated heterocycles. The molecule has 1 aromatic rings. The van der Waals surface area contributed by atoms with Crippen molar-refractivity contribution < 1.29 is 18.8 Å². The minimum absolute atomic E-state index is 0.0233. The third-order valence-electron chi connectivity index (χ3n) is 2.67. The highest BCUT2D eigenvalue weighted by molar-refractivity contribution is 5.76. The van der Waals surface area contributed by atoms with Gasteiger partial charge in [-0.15, -0.1) is 0 Å². The van der Waals surface area contributed by atoms with Crippen molar-refractivity contribution >= 4 is 5.97 Å². The van der Waals surface area contributed by atoms with Crippen LogP contribution in [0.4, 0.5) is 0 Å². The van der Waals surface area contributed by atoms with Gasteiger partial charge in [-0.25, -0.2) is 0 Å². The summed E-state index contributed by atoms with van der Waals surface area (Å²) >= 11 is 0. The molecular weight excluding hydrogens is 236 g/mol. The first kappa shape index (κ1) is 12.9. The molecule has 1 N–H and O–H groups in total. The fourth-order valence-corrected chi connectivity index (χ4v) is 1.88. The van der Waals surface area contributed by atoms with Crippen molar-refractivity contribution in [2.75, 3.05) is 6.61 Å². The van der Waals surface area contributed by atoms with Crippen molar-refractivity contribution in [2.24, 2.45) is 0 Å². The number of nitrogens with one attached hydrogen (secondary N) is 1. The number of nitrogens with zero attached hydrogens (tertiary/aromatic N) is 1. The average Bonchev–Trinajstić information content (AvgIpc) is 2.71. The molecule has 18 heavy (non-hydrogen) atoms. The van der Waals surface area contributed by atoms with Crippen molar-refractivity contribution in [1.82, 2.24) is 10.5 Å². The van der Waals surface area contributed by atoms with Gasteiger partial charge in [-0.05, 0) is 25.9 Å². The zero-order chi connectivity index (χ0) is 13.1.